The van der Waals surface area contributed by atoms with Gasteiger partial charge in [-0.2, -0.15) is 0 Å². The van der Waals surface area contributed by atoms with Crippen molar-refractivity contribution in [3.8, 4) is 0 Å². The second-order valence-corrected chi connectivity index (χ2v) is 6.00. The molecule has 0 saturated heterocycles. The summed E-state index contributed by atoms with van der Waals surface area (Å²) in [5.74, 6) is -0.177. The van der Waals surface area contributed by atoms with Crippen molar-refractivity contribution >= 4 is 17.6 Å². The number of carbonyl (C=O) groups excluding carboxylic acids is 1. The third-order valence-electron chi connectivity index (χ3n) is 2.57. The molecular weight excluding hydrogens is 262 g/mol. The number of benzene rings is 1. The monoisotopic (exact) mass is 283 g/mol. The van der Waals surface area contributed by atoms with E-state index >= 15 is 0 Å². The predicted molar refractivity (Wildman–Crippen MR) is 78.3 cm³/mol. The molecule has 0 aliphatic rings. The van der Waals surface area contributed by atoms with Crippen LogP contribution in [0.15, 0.2) is 24.3 Å². The van der Waals surface area contributed by atoms with Gasteiger partial charge in [-0.1, -0.05) is 23.7 Å². The van der Waals surface area contributed by atoms with Crippen LogP contribution in [0, 0.1) is 0 Å². The molecule has 3 nitrogen and oxygen atoms in total. The molecule has 0 saturated carbocycles. The zero-order chi connectivity index (χ0) is 14.5. The average Bonchev–Trinajstić information content (AvgIpc) is 2.27. The van der Waals surface area contributed by atoms with Crippen LogP contribution in [0.2, 0.25) is 5.02 Å². The van der Waals surface area contributed by atoms with E-state index in [1.807, 2.05) is 45.0 Å². The molecule has 19 heavy (non-hydrogen) atoms. The second-order valence-electron chi connectivity index (χ2n) is 5.56. The van der Waals surface area contributed by atoms with Gasteiger partial charge in [0.05, 0.1) is 6.42 Å². The smallest absolute Gasteiger partial charge is 0.307 e. The number of nitrogens with one attached hydrogen (secondary N) is 1. The predicted octanol–water partition coefficient (Wildman–Crippen LogP) is 3.72. The van der Waals surface area contributed by atoms with Crippen LogP contribution in [0.5, 0.6) is 0 Å². The van der Waals surface area contributed by atoms with E-state index in [4.69, 9.17) is 16.3 Å². The van der Waals surface area contributed by atoms with Gasteiger partial charge in [0.1, 0.15) is 5.60 Å². The van der Waals surface area contributed by atoms with Gasteiger partial charge < -0.3 is 10.1 Å². The fraction of sp³-hybridized carbons (Fsp3) is 0.533. The quantitative estimate of drug-likeness (QED) is 0.837. The van der Waals surface area contributed by atoms with E-state index in [2.05, 4.69) is 12.2 Å². The summed E-state index contributed by atoms with van der Waals surface area (Å²) in [4.78, 5) is 11.5. The Morgan fingerprint density at radius 2 is 1.89 bits per heavy atom. The largest absolute Gasteiger partial charge is 0.460 e. The van der Waals surface area contributed by atoms with Crippen LogP contribution >= 0.6 is 11.6 Å². The van der Waals surface area contributed by atoms with Gasteiger partial charge in [-0.15, -0.1) is 0 Å². The van der Waals surface area contributed by atoms with Crippen molar-refractivity contribution < 1.29 is 9.53 Å². The molecule has 1 rings (SSSR count). The number of carbonyl (C=O) groups is 1. The highest BCUT2D eigenvalue weighted by atomic mass is 35.5. The Bertz CT molecular complexity index is 409. The Morgan fingerprint density at radius 3 is 2.42 bits per heavy atom. The van der Waals surface area contributed by atoms with Gasteiger partial charge in [0.25, 0.3) is 0 Å². The first-order chi connectivity index (χ1) is 8.78. The zero-order valence-corrected chi connectivity index (χ0v) is 12.8. The van der Waals surface area contributed by atoms with E-state index in [1.54, 1.807) is 0 Å². The maximum absolute atomic E-state index is 11.5. The molecule has 0 aliphatic carbocycles. The van der Waals surface area contributed by atoms with E-state index < -0.39 is 5.60 Å². The maximum atomic E-state index is 11.5. The van der Waals surface area contributed by atoms with Crippen LogP contribution in [-0.2, 0) is 9.53 Å². The van der Waals surface area contributed by atoms with Crippen molar-refractivity contribution in [2.24, 2.45) is 0 Å². The van der Waals surface area contributed by atoms with Gasteiger partial charge in [-0.05, 0) is 45.4 Å². The minimum Gasteiger partial charge on any atom is -0.460 e. The third-order valence-corrected chi connectivity index (χ3v) is 2.82. The first-order valence-corrected chi connectivity index (χ1v) is 6.86. The van der Waals surface area contributed by atoms with E-state index in [0.29, 0.717) is 13.0 Å². The van der Waals surface area contributed by atoms with Crippen LogP contribution in [0.1, 0.15) is 45.7 Å². The molecule has 0 bridgehead atoms. The van der Waals surface area contributed by atoms with Gasteiger partial charge in [-0.3, -0.25) is 4.79 Å². The molecule has 0 radical (unpaired) electrons. The summed E-state index contributed by atoms with van der Waals surface area (Å²) in [6, 6.07) is 7.87. The SMILES string of the molecule is CC(NCCC(=O)OC(C)(C)C)c1ccc(Cl)cc1. The lowest BCUT2D eigenvalue weighted by molar-refractivity contribution is -0.154. The molecule has 0 spiro atoms. The van der Waals surface area contributed by atoms with Gasteiger partial charge in [0, 0.05) is 17.6 Å². The summed E-state index contributed by atoms with van der Waals surface area (Å²) in [7, 11) is 0. The highest BCUT2D eigenvalue weighted by Gasteiger charge is 2.16. The highest BCUT2D eigenvalue weighted by Crippen LogP contribution is 2.16. The first kappa shape index (κ1) is 16.0. The topological polar surface area (TPSA) is 38.3 Å². The second kappa shape index (κ2) is 6.92. The molecule has 0 aliphatic heterocycles. The number of rotatable bonds is 5. The highest BCUT2D eigenvalue weighted by molar-refractivity contribution is 6.30. The van der Waals surface area contributed by atoms with E-state index in [-0.39, 0.29) is 12.0 Å². The molecule has 0 heterocycles. The van der Waals surface area contributed by atoms with Crippen molar-refractivity contribution in [2.75, 3.05) is 6.54 Å². The molecule has 1 atom stereocenters. The molecule has 1 aromatic rings. The third kappa shape index (κ3) is 6.60. The maximum Gasteiger partial charge on any atom is 0.307 e. The van der Waals surface area contributed by atoms with Crippen molar-refractivity contribution in [1.29, 1.82) is 0 Å². The lowest BCUT2D eigenvalue weighted by Gasteiger charge is -2.20. The normalized spacial score (nSPS) is 13.1. The Hall–Kier alpha value is -1.06. The van der Waals surface area contributed by atoms with Gasteiger partial charge in [-0.25, -0.2) is 0 Å². The lowest BCUT2D eigenvalue weighted by Crippen LogP contribution is -2.27. The summed E-state index contributed by atoms with van der Waals surface area (Å²) in [5, 5.41) is 4.02. The van der Waals surface area contributed by atoms with E-state index in [1.165, 1.54) is 0 Å². The standard InChI is InChI=1S/C15H22ClNO2/c1-11(12-5-7-13(16)8-6-12)17-10-9-14(18)19-15(2,3)4/h5-8,11,17H,9-10H2,1-4H3. The minimum absolute atomic E-state index is 0.177. The lowest BCUT2D eigenvalue weighted by atomic mass is 10.1. The van der Waals surface area contributed by atoms with E-state index in [9.17, 15) is 4.79 Å². The van der Waals surface area contributed by atoms with Crippen molar-refractivity contribution in [2.45, 2.75) is 45.8 Å². The molecule has 106 valence electrons. The van der Waals surface area contributed by atoms with Gasteiger partial charge in [0.2, 0.25) is 0 Å². The van der Waals surface area contributed by atoms with Crippen LogP contribution < -0.4 is 5.32 Å². The molecule has 0 aromatic heterocycles. The number of halogens is 1. The fourth-order valence-corrected chi connectivity index (χ4v) is 1.78. The number of esters is 1. The van der Waals surface area contributed by atoms with Crippen molar-refractivity contribution in [3.63, 3.8) is 0 Å². The summed E-state index contributed by atoms with van der Waals surface area (Å²) >= 11 is 5.84. The zero-order valence-electron chi connectivity index (χ0n) is 12.0. The Morgan fingerprint density at radius 1 is 1.32 bits per heavy atom. The molecule has 1 N–H and O–H groups in total. The Labute approximate surface area is 120 Å². The molecule has 1 unspecified atom stereocenters. The molecule has 4 heteroatoms. The summed E-state index contributed by atoms with van der Waals surface area (Å²) < 4.78 is 5.24. The van der Waals surface area contributed by atoms with Crippen molar-refractivity contribution in [3.05, 3.63) is 34.9 Å². The molecule has 0 fully saturated rings. The molecule has 0 amide bonds. The van der Waals surface area contributed by atoms with Crippen LogP contribution in [-0.4, -0.2) is 18.1 Å². The minimum atomic E-state index is -0.418. The average molecular weight is 284 g/mol. The molecular formula is C15H22ClNO2. The Balaban J connectivity index is 2.33. The number of hydrogen-bond acceptors (Lipinski definition) is 3. The van der Waals surface area contributed by atoms with Gasteiger partial charge >= 0.3 is 5.97 Å². The van der Waals surface area contributed by atoms with Gasteiger partial charge in [0.15, 0.2) is 0 Å². The van der Waals surface area contributed by atoms with Crippen LogP contribution in [0.4, 0.5) is 0 Å². The Kier molecular flexibility index (Phi) is 5.83. The first-order valence-electron chi connectivity index (χ1n) is 6.48. The van der Waals surface area contributed by atoms with Crippen molar-refractivity contribution in [1.82, 2.24) is 5.32 Å². The summed E-state index contributed by atoms with van der Waals surface area (Å²) in [6.07, 6.45) is 0.370. The summed E-state index contributed by atoms with van der Waals surface area (Å²) in [5.41, 5.74) is 0.729. The molecule has 1 aromatic carbocycles. The van der Waals surface area contributed by atoms with Crippen LogP contribution in [0.3, 0.4) is 0 Å². The number of hydrogen-bond donors (Lipinski definition) is 1. The summed E-state index contributed by atoms with van der Waals surface area (Å²) in [6.45, 7) is 8.26. The number of ether oxygens (including phenoxy) is 1. The fourth-order valence-electron chi connectivity index (χ4n) is 1.65. The van der Waals surface area contributed by atoms with E-state index in [0.717, 1.165) is 10.6 Å². The van der Waals surface area contributed by atoms with Crippen LogP contribution in [0.25, 0.3) is 0 Å².